The zero-order valence-electron chi connectivity index (χ0n) is 9.94. The fraction of sp³-hybridized carbons (Fsp3) is 0.667. The minimum absolute atomic E-state index is 0.128. The molecular formula is C12H19N3O. The molecule has 2 heterocycles. The molecule has 1 N–H and O–H groups in total. The Bertz CT molecular complexity index is 364. The molecule has 1 unspecified atom stereocenters. The lowest BCUT2D eigenvalue weighted by Crippen LogP contribution is -2.35. The van der Waals surface area contributed by atoms with E-state index in [-0.39, 0.29) is 17.7 Å². The van der Waals surface area contributed by atoms with Crippen molar-refractivity contribution in [1.82, 2.24) is 15.1 Å². The standard InChI is InChI=1S/C12H19N3O/c1-9(2)15-11(5-7-14-15)12(16)10-4-3-6-13-8-10/h5,7,9-10,13H,3-4,6,8H2,1-2H3. The molecule has 0 radical (unpaired) electrons. The summed E-state index contributed by atoms with van der Waals surface area (Å²) in [6.45, 7) is 5.93. The molecular weight excluding hydrogens is 202 g/mol. The van der Waals surface area contributed by atoms with Gasteiger partial charge in [-0.1, -0.05) is 0 Å². The number of aromatic nitrogens is 2. The third-order valence-electron chi connectivity index (χ3n) is 3.08. The molecule has 1 fully saturated rings. The highest BCUT2D eigenvalue weighted by Crippen LogP contribution is 2.18. The summed E-state index contributed by atoms with van der Waals surface area (Å²) in [5.41, 5.74) is 0.753. The van der Waals surface area contributed by atoms with E-state index in [0.717, 1.165) is 31.6 Å². The summed E-state index contributed by atoms with van der Waals surface area (Å²) in [5.74, 6) is 0.362. The molecule has 0 bridgehead atoms. The predicted molar refractivity (Wildman–Crippen MR) is 62.5 cm³/mol. The van der Waals surface area contributed by atoms with E-state index >= 15 is 0 Å². The minimum Gasteiger partial charge on any atom is -0.316 e. The van der Waals surface area contributed by atoms with Crippen molar-refractivity contribution in [2.45, 2.75) is 32.7 Å². The maximum absolute atomic E-state index is 12.3. The van der Waals surface area contributed by atoms with Gasteiger partial charge in [0.1, 0.15) is 5.69 Å². The maximum atomic E-state index is 12.3. The van der Waals surface area contributed by atoms with Crippen LogP contribution in [-0.4, -0.2) is 28.7 Å². The third-order valence-corrected chi connectivity index (χ3v) is 3.08. The van der Waals surface area contributed by atoms with Gasteiger partial charge in [0.25, 0.3) is 0 Å². The minimum atomic E-state index is 0.128. The first kappa shape index (κ1) is 11.3. The normalized spacial score (nSPS) is 21.3. The van der Waals surface area contributed by atoms with Crippen LogP contribution in [-0.2, 0) is 0 Å². The molecule has 1 saturated heterocycles. The molecule has 4 heteroatoms. The van der Waals surface area contributed by atoms with Crippen molar-refractivity contribution in [1.29, 1.82) is 0 Å². The highest BCUT2D eigenvalue weighted by molar-refractivity contribution is 5.96. The van der Waals surface area contributed by atoms with Crippen molar-refractivity contribution < 1.29 is 4.79 Å². The number of ketones is 1. The average molecular weight is 221 g/mol. The maximum Gasteiger partial charge on any atom is 0.185 e. The van der Waals surface area contributed by atoms with E-state index in [9.17, 15) is 4.79 Å². The molecule has 1 aromatic rings. The van der Waals surface area contributed by atoms with Crippen LogP contribution in [0, 0.1) is 5.92 Å². The molecule has 0 saturated carbocycles. The number of nitrogens with zero attached hydrogens (tertiary/aromatic N) is 2. The van der Waals surface area contributed by atoms with Crippen LogP contribution < -0.4 is 5.32 Å². The zero-order chi connectivity index (χ0) is 11.5. The molecule has 0 aliphatic carbocycles. The summed E-state index contributed by atoms with van der Waals surface area (Å²) >= 11 is 0. The van der Waals surface area contributed by atoms with Crippen LogP contribution in [0.4, 0.5) is 0 Å². The largest absolute Gasteiger partial charge is 0.316 e. The zero-order valence-corrected chi connectivity index (χ0v) is 9.94. The topological polar surface area (TPSA) is 46.9 Å². The Kier molecular flexibility index (Phi) is 3.39. The average Bonchev–Trinajstić information content (AvgIpc) is 2.78. The number of nitrogens with one attached hydrogen (secondary N) is 1. The number of hydrogen-bond acceptors (Lipinski definition) is 3. The second kappa shape index (κ2) is 4.78. The van der Waals surface area contributed by atoms with Gasteiger partial charge in [-0.25, -0.2) is 0 Å². The Balaban J connectivity index is 2.16. The summed E-state index contributed by atoms with van der Waals surface area (Å²) in [7, 11) is 0. The molecule has 1 aromatic heterocycles. The van der Waals surface area contributed by atoms with Crippen LogP contribution in [0.25, 0.3) is 0 Å². The Hall–Kier alpha value is -1.16. The van der Waals surface area contributed by atoms with Crippen molar-refractivity contribution >= 4 is 5.78 Å². The monoisotopic (exact) mass is 221 g/mol. The van der Waals surface area contributed by atoms with Crippen LogP contribution in [0.2, 0.25) is 0 Å². The number of piperidine rings is 1. The summed E-state index contributed by atoms with van der Waals surface area (Å²) in [6.07, 6.45) is 3.80. The van der Waals surface area contributed by atoms with Gasteiger partial charge in [-0.3, -0.25) is 9.48 Å². The van der Waals surface area contributed by atoms with Crippen molar-refractivity contribution in [3.05, 3.63) is 18.0 Å². The summed E-state index contributed by atoms with van der Waals surface area (Å²) in [6, 6.07) is 2.07. The van der Waals surface area contributed by atoms with Crippen molar-refractivity contribution in [2.24, 2.45) is 5.92 Å². The van der Waals surface area contributed by atoms with Crippen LogP contribution in [0.3, 0.4) is 0 Å². The SMILES string of the molecule is CC(C)n1nccc1C(=O)C1CCCNC1. The molecule has 1 aliphatic heterocycles. The van der Waals surface area contributed by atoms with E-state index in [1.54, 1.807) is 6.20 Å². The number of hydrogen-bond donors (Lipinski definition) is 1. The summed E-state index contributed by atoms with van der Waals surface area (Å²) in [5, 5.41) is 7.48. The van der Waals surface area contributed by atoms with E-state index in [0.29, 0.717) is 0 Å². The number of rotatable bonds is 3. The van der Waals surface area contributed by atoms with Gasteiger partial charge in [-0.05, 0) is 39.3 Å². The number of Topliss-reactive ketones (excluding diaryl/α,β-unsaturated/α-hetero) is 1. The number of carbonyl (C=O) groups is 1. The van der Waals surface area contributed by atoms with Gasteiger partial charge >= 0.3 is 0 Å². The highest BCUT2D eigenvalue weighted by Gasteiger charge is 2.25. The lowest BCUT2D eigenvalue weighted by Gasteiger charge is -2.22. The van der Waals surface area contributed by atoms with Gasteiger partial charge in [0, 0.05) is 24.7 Å². The molecule has 4 nitrogen and oxygen atoms in total. The van der Waals surface area contributed by atoms with Gasteiger partial charge in [0.2, 0.25) is 0 Å². The first-order chi connectivity index (χ1) is 7.70. The molecule has 0 spiro atoms. The van der Waals surface area contributed by atoms with Gasteiger partial charge in [0.05, 0.1) is 0 Å². The first-order valence-corrected chi connectivity index (χ1v) is 5.98. The Labute approximate surface area is 96.0 Å². The molecule has 0 aromatic carbocycles. The fourth-order valence-corrected chi connectivity index (χ4v) is 2.21. The van der Waals surface area contributed by atoms with Crippen LogP contribution in [0.5, 0.6) is 0 Å². The lowest BCUT2D eigenvalue weighted by molar-refractivity contribution is 0.0886. The molecule has 88 valence electrons. The lowest BCUT2D eigenvalue weighted by atomic mass is 9.93. The molecule has 1 aliphatic rings. The highest BCUT2D eigenvalue weighted by atomic mass is 16.1. The molecule has 0 amide bonds. The van der Waals surface area contributed by atoms with Crippen LogP contribution in [0.15, 0.2) is 12.3 Å². The van der Waals surface area contributed by atoms with Gasteiger partial charge in [-0.2, -0.15) is 5.10 Å². The van der Waals surface area contributed by atoms with Gasteiger partial charge in [0.15, 0.2) is 5.78 Å². The Morgan fingerprint density at radius 1 is 1.62 bits per heavy atom. The first-order valence-electron chi connectivity index (χ1n) is 5.98. The summed E-state index contributed by atoms with van der Waals surface area (Å²) in [4.78, 5) is 12.3. The summed E-state index contributed by atoms with van der Waals surface area (Å²) < 4.78 is 1.82. The van der Waals surface area contributed by atoms with Crippen molar-refractivity contribution in [3.63, 3.8) is 0 Å². The van der Waals surface area contributed by atoms with E-state index in [4.69, 9.17) is 0 Å². The second-order valence-electron chi connectivity index (χ2n) is 4.66. The van der Waals surface area contributed by atoms with Gasteiger partial charge < -0.3 is 5.32 Å². The Morgan fingerprint density at radius 2 is 2.44 bits per heavy atom. The van der Waals surface area contributed by atoms with Crippen LogP contribution in [0.1, 0.15) is 43.2 Å². The Morgan fingerprint density at radius 3 is 3.06 bits per heavy atom. The van der Waals surface area contributed by atoms with E-state index in [1.807, 2.05) is 24.6 Å². The molecule has 1 atom stereocenters. The van der Waals surface area contributed by atoms with Gasteiger partial charge in [-0.15, -0.1) is 0 Å². The quantitative estimate of drug-likeness (QED) is 0.789. The van der Waals surface area contributed by atoms with E-state index in [1.165, 1.54) is 0 Å². The van der Waals surface area contributed by atoms with Crippen LogP contribution >= 0.6 is 0 Å². The number of carbonyl (C=O) groups excluding carboxylic acids is 1. The van der Waals surface area contributed by atoms with Crippen molar-refractivity contribution in [3.8, 4) is 0 Å². The predicted octanol–water partition coefficient (Wildman–Crippen LogP) is 1.65. The smallest absolute Gasteiger partial charge is 0.185 e. The molecule has 2 rings (SSSR count). The second-order valence-corrected chi connectivity index (χ2v) is 4.66. The third kappa shape index (κ3) is 2.16. The van der Waals surface area contributed by atoms with E-state index < -0.39 is 0 Å². The van der Waals surface area contributed by atoms with E-state index in [2.05, 4.69) is 10.4 Å². The fourth-order valence-electron chi connectivity index (χ4n) is 2.21. The molecule has 16 heavy (non-hydrogen) atoms. The van der Waals surface area contributed by atoms with Crippen molar-refractivity contribution in [2.75, 3.05) is 13.1 Å².